The molecule has 31 heavy (non-hydrogen) atoms. The Balaban J connectivity index is 1.50. The molecule has 0 unspecified atom stereocenters. The van der Waals surface area contributed by atoms with Crippen molar-refractivity contribution >= 4 is 23.0 Å². The summed E-state index contributed by atoms with van der Waals surface area (Å²) in [6, 6.07) is 24.5. The monoisotopic (exact) mass is 413 g/mol. The molecule has 0 saturated heterocycles. The normalized spacial score (nSPS) is 11.3. The Hall–Kier alpha value is -3.73. The van der Waals surface area contributed by atoms with E-state index in [0.717, 1.165) is 33.3 Å². The molecule has 0 saturated carbocycles. The Bertz CT molecular complexity index is 1210. The molecule has 0 aliphatic carbocycles. The van der Waals surface area contributed by atoms with Gasteiger partial charge in [0.1, 0.15) is 5.82 Å². The highest BCUT2D eigenvalue weighted by molar-refractivity contribution is 6.01. The summed E-state index contributed by atoms with van der Waals surface area (Å²) in [7, 11) is 0. The van der Waals surface area contributed by atoms with Crippen LogP contribution in [0.15, 0.2) is 84.0 Å². The van der Waals surface area contributed by atoms with Gasteiger partial charge in [0.15, 0.2) is 0 Å². The van der Waals surface area contributed by atoms with Crippen molar-refractivity contribution < 1.29 is 9.18 Å². The SMILES string of the molecule is Cc1c(/C=N\NC(=O)CCc2ccccc2)c2ccccc2n1Cc1ccc(F)cc1. The summed E-state index contributed by atoms with van der Waals surface area (Å²) in [5.41, 5.74) is 7.85. The molecule has 156 valence electrons. The minimum Gasteiger partial charge on any atom is -0.340 e. The highest BCUT2D eigenvalue weighted by Gasteiger charge is 2.13. The van der Waals surface area contributed by atoms with Gasteiger partial charge in [-0.2, -0.15) is 5.10 Å². The summed E-state index contributed by atoms with van der Waals surface area (Å²) < 4.78 is 15.4. The van der Waals surface area contributed by atoms with Crippen molar-refractivity contribution in [2.24, 2.45) is 5.10 Å². The van der Waals surface area contributed by atoms with E-state index in [1.807, 2.05) is 55.5 Å². The van der Waals surface area contributed by atoms with E-state index in [-0.39, 0.29) is 11.7 Å². The summed E-state index contributed by atoms with van der Waals surface area (Å²) in [6.07, 6.45) is 2.77. The number of hydrogen-bond donors (Lipinski definition) is 1. The zero-order valence-electron chi connectivity index (χ0n) is 17.4. The van der Waals surface area contributed by atoms with Gasteiger partial charge in [0.25, 0.3) is 0 Å². The second-order valence-corrected chi connectivity index (χ2v) is 7.51. The Labute approximate surface area is 181 Å². The van der Waals surface area contributed by atoms with Crippen molar-refractivity contribution in [3.8, 4) is 0 Å². The average molecular weight is 413 g/mol. The van der Waals surface area contributed by atoms with E-state index in [0.29, 0.717) is 19.4 Å². The molecule has 5 heteroatoms. The van der Waals surface area contributed by atoms with Crippen molar-refractivity contribution in [2.75, 3.05) is 0 Å². The number of carbonyl (C=O) groups excluding carboxylic acids is 1. The number of benzene rings is 3. The van der Waals surface area contributed by atoms with E-state index in [2.05, 4.69) is 21.2 Å². The van der Waals surface area contributed by atoms with Gasteiger partial charge in [0, 0.05) is 35.1 Å². The average Bonchev–Trinajstić information content (AvgIpc) is 3.06. The molecule has 4 rings (SSSR count). The van der Waals surface area contributed by atoms with E-state index in [9.17, 15) is 9.18 Å². The van der Waals surface area contributed by atoms with Gasteiger partial charge in [-0.15, -0.1) is 0 Å². The largest absolute Gasteiger partial charge is 0.340 e. The topological polar surface area (TPSA) is 46.4 Å². The second-order valence-electron chi connectivity index (χ2n) is 7.51. The molecule has 0 fully saturated rings. The summed E-state index contributed by atoms with van der Waals surface area (Å²) in [6.45, 7) is 2.66. The zero-order chi connectivity index (χ0) is 21.6. The second kappa shape index (κ2) is 9.39. The number of hydrazone groups is 1. The van der Waals surface area contributed by atoms with Crippen LogP contribution in [0.5, 0.6) is 0 Å². The van der Waals surface area contributed by atoms with Gasteiger partial charge in [-0.25, -0.2) is 9.82 Å². The van der Waals surface area contributed by atoms with Crippen LogP contribution in [-0.4, -0.2) is 16.7 Å². The summed E-state index contributed by atoms with van der Waals surface area (Å²) in [5, 5.41) is 5.27. The number of nitrogens with zero attached hydrogens (tertiary/aromatic N) is 2. The Morgan fingerprint density at radius 3 is 2.45 bits per heavy atom. The predicted molar refractivity (Wildman–Crippen MR) is 123 cm³/mol. The van der Waals surface area contributed by atoms with Crippen molar-refractivity contribution in [2.45, 2.75) is 26.3 Å². The number of hydrogen-bond acceptors (Lipinski definition) is 2. The quantitative estimate of drug-likeness (QED) is 0.328. The molecular formula is C26H24FN3O. The molecule has 4 aromatic rings. The van der Waals surface area contributed by atoms with Crippen molar-refractivity contribution in [3.05, 3.63) is 107 Å². The first-order valence-corrected chi connectivity index (χ1v) is 10.3. The fourth-order valence-electron chi connectivity index (χ4n) is 3.72. The number of rotatable bonds is 7. The van der Waals surface area contributed by atoms with Gasteiger partial charge >= 0.3 is 0 Å². The Morgan fingerprint density at radius 1 is 0.968 bits per heavy atom. The van der Waals surface area contributed by atoms with Gasteiger partial charge in [-0.1, -0.05) is 60.7 Å². The molecule has 0 bridgehead atoms. The number of aryl methyl sites for hydroxylation is 1. The molecule has 0 atom stereocenters. The molecule has 1 aromatic heterocycles. The third kappa shape index (κ3) is 4.89. The molecular weight excluding hydrogens is 389 g/mol. The van der Waals surface area contributed by atoms with E-state index in [1.54, 1.807) is 18.3 Å². The Morgan fingerprint density at radius 2 is 1.68 bits per heavy atom. The maximum absolute atomic E-state index is 13.3. The van der Waals surface area contributed by atoms with E-state index in [4.69, 9.17) is 0 Å². The minimum absolute atomic E-state index is 0.118. The maximum atomic E-state index is 13.3. The number of fused-ring (bicyclic) bond motifs is 1. The lowest BCUT2D eigenvalue weighted by Gasteiger charge is -2.08. The number of carbonyl (C=O) groups is 1. The first-order chi connectivity index (χ1) is 15.1. The van der Waals surface area contributed by atoms with Crippen LogP contribution >= 0.6 is 0 Å². The van der Waals surface area contributed by atoms with Crippen LogP contribution in [-0.2, 0) is 17.8 Å². The minimum atomic E-state index is -0.242. The summed E-state index contributed by atoms with van der Waals surface area (Å²) >= 11 is 0. The van der Waals surface area contributed by atoms with Crippen molar-refractivity contribution in [1.29, 1.82) is 0 Å². The lowest BCUT2D eigenvalue weighted by Crippen LogP contribution is -2.18. The molecule has 0 spiro atoms. The fraction of sp³-hybridized carbons (Fsp3) is 0.154. The van der Waals surface area contributed by atoms with Crippen LogP contribution in [0.1, 0.15) is 28.8 Å². The van der Waals surface area contributed by atoms with E-state index in [1.165, 1.54) is 12.1 Å². The van der Waals surface area contributed by atoms with Gasteiger partial charge in [0.05, 0.1) is 6.21 Å². The van der Waals surface area contributed by atoms with Gasteiger partial charge in [0.2, 0.25) is 5.91 Å². The molecule has 1 amide bonds. The molecule has 0 radical (unpaired) electrons. The maximum Gasteiger partial charge on any atom is 0.240 e. The van der Waals surface area contributed by atoms with Crippen LogP contribution in [0.3, 0.4) is 0 Å². The number of halogens is 1. The third-order valence-corrected chi connectivity index (χ3v) is 5.40. The fourth-order valence-corrected chi connectivity index (χ4v) is 3.72. The third-order valence-electron chi connectivity index (χ3n) is 5.40. The first kappa shape index (κ1) is 20.5. The lowest BCUT2D eigenvalue weighted by atomic mass is 10.1. The first-order valence-electron chi connectivity index (χ1n) is 10.3. The predicted octanol–water partition coefficient (Wildman–Crippen LogP) is 5.22. The van der Waals surface area contributed by atoms with E-state index < -0.39 is 0 Å². The molecule has 4 nitrogen and oxygen atoms in total. The summed E-state index contributed by atoms with van der Waals surface area (Å²) in [5.74, 6) is -0.360. The van der Waals surface area contributed by atoms with Gasteiger partial charge < -0.3 is 4.57 Å². The van der Waals surface area contributed by atoms with Crippen LogP contribution in [0.25, 0.3) is 10.9 Å². The number of amides is 1. The molecule has 1 N–H and O–H groups in total. The zero-order valence-corrected chi connectivity index (χ0v) is 17.4. The number of nitrogens with one attached hydrogen (secondary N) is 1. The number of aromatic nitrogens is 1. The van der Waals surface area contributed by atoms with Crippen LogP contribution in [0.2, 0.25) is 0 Å². The molecule has 0 aliphatic rings. The van der Waals surface area contributed by atoms with Gasteiger partial charge in [-0.05, 0) is 42.7 Å². The number of para-hydroxylation sites is 1. The lowest BCUT2D eigenvalue weighted by molar-refractivity contribution is -0.121. The summed E-state index contributed by atoms with van der Waals surface area (Å²) in [4.78, 5) is 12.2. The Kier molecular flexibility index (Phi) is 6.22. The van der Waals surface area contributed by atoms with Crippen molar-refractivity contribution in [3.63, 3.8) is 0 Å². The van der Waals surface area contributed by atoms with Crippen LogP contribution in [0, 0.1) is 12.7 Å². The standard InChI is InChI=1S/C26H24FN3O/c1-19-24(17-28-29-26(31)16-13-20-7-3-2-4-8-20)23-9-5-6-10-25(23)30(19)18-21-11-14-22(27)15-12-21/h2-12,14-15,17H,13,16,18H2,1H3,(H,29,31)/b28-17-. The highest BCUT2D eigenvalue weighted by Crippen LogP contribution is 2.25. The molecule has 0 aliphatic heterocycles. The molecule has 3 aromatic carbocycles. The smallest absolute Gasteiger partial charge is 0.240 e. The van der Waals surface area contributed by atoms with Gasteiger partial charge in [-0.3, -0.25) is 4.79 Å². The highest BCUT2D eigenvalue weighted by atomic mass is 19.1. The van der Waals surface area contributed by atoms with Crippen LogP contribution in [0.4, 0.5) is 4.39 Å². The van der Waals surface area contributed by atoms with Crippen molar-refractivity contribution in [1.82, 2.24) is 9.99 Å². The van der Waals surface area contributed by atoms with E-state index >= 15 is 0 Å². The molecule has 1 heterocycles. The van der Waals surface area contributed by atoms with Crippen LogP contribution < -0.4 is 5.43 Å².